The summed E-state index contributed by atoms with van der Waals surface area (Å²) in [7, 11) is 0. The summed E-state index contributed by atoms with van der Waals surface area (Å²) in [6.45, 7) is -0.793. The molecule has 0 aromatic carbocycles. The molecular weight excluding hydrogens is 164 g/mol. The van der Waals surface area contributed by atoms with Gasteiger partial charge in [0.05, 0.1) is 19.3 Å². The number of amides is 3. The summed E-state index contributed by atoms with van der Waals surface area (Å²) >= 11 is 0. The smallest absolute Gasteiger partial charge is 0.324 e. The number of rotatable bonds is 3. The molecule has 1 saturated heterocycles. The maximum Gasteiger partial charge on any atom is 0.324 e. The van der Waals surface area contributed by atoms with Crippen LogP contribution in [0.4, 0.5) is 4.79 Å². The number of aliphatic hydroxyl groups is 2. The molecule has 3 amide bonds. The van der Waals surface area contributed by atoms with Gasteiger partial charge in [-0.05, 0) is 0 Å². The van der Waals surface area contributed by atoms with Gasteiger partial charge in [-0.2, -0.15) is 0 Å². The topological polar surface area (TPSA) is 89.9 Å². The number of carbonyl (C=O) groups excluding carboxylic acids is 2. The Morgan fingerprint density at radius 3 is 2.33 bits per heavy atom. The van der Waals surface area contributed by atoms with Crippen LogP contribution in [0, 0.1) is 0 Å². The van der Waals surface area contributed by atoms with Crippen molar-refractivity contribution in [3.63, 3.8) is 0 Å². The lowest BCUT2D eigenvalue weighted by atomic mass is 10.3. The van der Waals surface area contributed by atoms with Crippen molar-refractivity contribution in [3.05, 3.63) is 0 Å². The third-order valence-electron chi connectivity index (χ3n) is 1.68. The summed E-state index contributed by atoms with van der Waals surface area (Å²) in [6, 6.07) is -1.25. The van der Waals surface area contributed by atoms with Gasteiger partial charge in [0, 0.05) is 0 Å². The normalized spacial score (nSPS) is 17.4. The molecule has 6 nitrogen and oxygen atoms in total. The lowest BCUT2D eigenvalue weighted by Gasteiger charge is -2.21. The Hall–Kier alpha value is -1.14. The van der Waals surface area contributed by atoms with E-state index in [0.717, 1.165) is 4.90 Å². The molecule has 6 heteroatoms. The molecule has 68 valence electrons. The van der Waals surface area contributed by atoms with Crippen LogP contribution in [-0.2, 0) is 4.79 Å². The van der Waals surface area contributed by atoms with Crippen molar-refractivity contribution in [2.24, 2.45) is 0 Å². The highest BCUT2D eigenvalue weighted by Gasteiger charge is 2.31. The van der Waals surface area contributed by atoms with Crippen LogP contribution in [0.2, 0.25) is 0 Å². The van der Waals surface area contributed by atoms with Gasteiger partial charge >= 0.3 is 6.03 Å². The number of aliphatic hydroxyl groups excluding tert-OH is 2. The van der Waals surface area contributed by atoms with Crippen molar-refractivity contribution in [1.82, 2.24) is 10.2 Å². The van der Waals surface area contributed by atoms with Gasteiger partial charge in [0.15, 0.2) is 0 Å². The standard InChI is InChI=1S/C6H10N2O4/c9-2-4(3-10)8-1-5(11)7-6(8)12/h4,9-10H,1-3H2,(H,7,11,12). The first-order valence-electron chi connectivity index (χ1n) is 3.51. The number of urea groups is 1. The fraction of sp³-hybridized carbons (Fsp3) is 0.667. The number of hydrogen-bond acceptors (Lipinski definition) is 4. The molecule has 0 saturated carbocycles. The highest BCUT2D eigenvalue weighted by atomic mass is 16.3. The van der Waals surface area contributed by atoms with Crippen LogP contribution in [0.5, 0.6) is 0 Å². The molecule has 3 N–H and O–H groups in total. The highest BCUT2D eigenvalue weighted by molar-refractivity contribution is 6.02. The first-order valence-corrected chi connectivity index (χ1v) is 3.51. The van der Waals surface area contributed by atoms with E-state index in [1.165, 1.54) is 0 Å². The Balaban J connectivity index is 2.62. The number of hydrogen-bond donors (Lipinski definition) is 3. The lowest BCUT2D eigenvalue weighted by molar-refractivity contribution is -0.118. The van der Waals surface area contributed by atoms with E-state index >= 15 is 0 Å². The predicted octanol–water partition coefficient (Wildman–Crippen LogP) is -2.11. The van der Waals surface area contributed by atoms with E-state index in [0.29, 0.717) is 0 Å². The van der Waals surface area contributed by atoms with Crippen molar-refractivity contribution < 1.29 is 19.8 Å². The Morgan fingerprint density at radius 1 is 1.42 bits per heavy atom. The molecular formula is C6H10N2O4. The molecule has 0 atom stereocenters. The van der Waals surface area contributed by atoms with E-state index in [2.05, 4.69) is 0 Å². The maximum atomic E-state index is 10.9. The highest BCUT2D eigenvalue weighted by Crippen LogP contribution is 2.03. The minimum Gasteiger partial charge on any atom is -0.394 e. The molecule has 0 aromatic heterocycles. The van der Waals surface area contributed by atoms with Crippen molar-refractivity contribution in [3.8, 4) is 0 Å². The maximum absolute atomic E-state index is 10.9. The molecule has 1 rings (SSSR count). The largest absolute Gasteiger partial charge is 0.394 e. The number of carbonyl (C=O) groups is 2. The summed E-state index contributed by atoms with van der Waals surface area (Å²) in [5, 5.41) is 19.4. The molecule has 1 aliphatic heterocycles. The summed E-state index contributed by atoms with van der Waals surface area (Å²) in [6.07, 6.45) is 0. The van der Waals surface area contributed by atoms with Crippen LogP contribution in [-0.4, -0.2) is 52.9 Å². The molecule has 0 spiro atoms. The van der Waals surface area contributed by atoms with E-state index in [-0.39, 0.29) is 19.8 Å². The molecule has 1 aliphatic rings. The first-order chi connectivity index (χ1) is 5.69. The van der Waals surface area contributed by atoms with Gasteiger partial charge in [-0.25, -0.2) is 4.79 Å². The van der Waals surface area contributed by atoms with Crippen LogP contribution in [0.25, 0.3) is 0 Å². The summed E-state index contributed by atoms with van der Waals surface area (Å²) in [5.41, 5.74) is 0. The first kappa shape index (κ1) is 8.95. The van der Waals surface area contributed by atoms with Gasteiger partial charge in [0.2, 0.25) is 5.91 Å². The van der Waals surface area contributed by atoms with Crippen molar-refractivity contribution in [2.45, 2.75) is 6.04 Å². The lowest BCUT2D eigenvalue weighted by Crippen LogP contribution is -2.42. The minimum atomic E-state index is -0.684. The Labute approximate surface area is 68.8 Å². The fourth-order valence-electron chi connectivity index (χ4n) is 1.01. The Bertz CT molecular complexity index is 202. The van der Waals surface area contributed by atoms with Crippen LogP contribution in [0.1, 0.15) is 0 Å². The molecule has 1 heterocycles. The molecule has 0 aliphatic carbocycles. The zero-order valence-electron chi connectivity index (χ0n) is 6.36. The summed E-state index contributed by atoms with van der Waals surface area (Å²) in [4.78, 5) is 22.7. The monoisotopic (exact) mass is 174 g/mol. The zero-order valence-corrected chi connectivity index (χ0v) is 6.36. The van der Waals surface area contributed by atoms with Crippen molar-refractivity contribution in [1.29, 1.82) is 0 Å². The third-order valence-corrected chi connectivity index (χ3v) is 1.68. The molecule has 0 unspecified atom stereocenters. The Kier molecular flexibility index (Phi) is 2.61. The van der Waals surface area contributed by atoms with Gasteiger partial charge in [-0.15, -0.1) is 0 Å². The second-order valence-electron chi connectivity index (χ2n) is 2.50. The summed E-state index contributed by atoms with van der Waals surface area (Å²) in [5.74, 6) is -0.410. The van der Waals surface area contributed by atoms with E-state index < -0.39 is 18.0 Å². The average molecular weight is 174 g/mol. The van der Waals surface area contributed by atoms with Gasteiger partial charge in [-0.3, -0.25) is 10.1 Å². The van der Waals surface area contributed by atoms with E-state index in [4.69, 9.17) is 10.2 Å². The Morgan fingerprint density at radius 2 is 2.00 bits per heavy atom. The van der Waals surface area contributed by atoms with Gasteiger partial charge < -0.3 is 15.1 Å². The van der Waals surface area contributed by atoms with E-state index in [1.807, 2.05) is 5.32 Å². The van der Waals surface area contributed by atoms with Gasteiger partial charge in [0.25, 0.3) is 0 Å². The quantitative estimate of drug-likeness (QED) is 0.427. The van der Waals surface area contributed by atoms with Crippen LogP contribution < -0.4 is 5.32 Å². The van der Waals surface area contributed by atoms with Gasteiger partial charge in [0.1, 0.15) is 6.54 Å². The van der Waals surface area contributed by atoms with Crippen molar-refractivity contribution in [2.75, 3.05) is 19.8 Å². The van der Waals surface area contributed by atoms with Crippen LogP contribution >= 0.6 is 0 Å². The number of nitrogens with one attached hydrogen (secondary N) is 1. The van der Waals surface area contributed by atoms with E-state index in [1.54, 1.807) is 0 Å². The summed E-state index contributed by atoms with van der Waals surface area (Å²) < 4.78 is 0. The number of imide groups is 1. The second-order valence-corrected chi connectivity index (χ2v) is 2.50. The molecule has 12 heavy (non-hydrogen) atoms. The zero-order chi connectivity index (χ0) is 9.14. The third kappa shape index (κ3) is 1.54. The van der Waals surface area contributed by atoms with Crippen molar-refractivity contribution >= 4 is 11.9 Å². The SMILES string of the molecule is O=C1CN(C(CO)CO)C(=O)N1. The molecule has 0 bridgehead atoms. The van der Waals surface area contributed by atoms with Crippen LogP contribution in [0.15, 0.2) is 0 Å². The molecule has 1 fully saturated rings. The predicted molar refractivity (Wildman–Crippen MR) is 38.2 cm³/mol. The fourth-order valence-corrected chi connectivity index (χ4v) is 1.01. The van der Waals surface area contributed by atoms with E-state index in [9.17, 15) is 9.59 Å². The second kappa shape index (κ2) is 3.51. The van der Waals surface area contributed by atoms with Crippen LogP contribution in [0.3, 0.4) is 0 Å². The molecule has 0 radical (unpaired) electrons. The number of nitrogens with zero attached hydrogens (tertiary/aromatic N) is 1. The van der Waals surface area contributed by atoms with Gasteiger partial charge in [-0.1, -0.05) is 0 Å². The molecule has 0 aromatic rings. The average Bonchev–Trinajstić information content (AvgIpc) is 2.34. The minimum absolute atomic E-state index is 0.0926.